The van der Waals surface area contributed by atoms with Crippen LogP contribution in [0.15, 0.2) is 47.6 Å². The molecule has 0 bridgehead atoms. The third kappa shape index (κ3) is 3.60. The van der Waals surface area contributed by atoms with Gasteiger partial charge in [-0.1, -0.05) is 23.8 Å². The second-order valence-corrected chi connectivity index (χ2v) is 4.56. The molecule has 3 N–H and O–H groups in total. The zero-order valence-corrected chi connectivity index (χ0v) is 11.9. The van der Waals surface area contributed by atoms with Crippen molar-refractivity contribution < 1.29 is 9.90 Å². The number of phenols is 1. The Bertz CT molecular complexity index is 664. The van der Waals surface area contributed by atoms with Crippen LogP contribution in [0.25, 0.3) is 0 Å². The number of carbonyl (C=O) groups excluding carboxylic acids is 1. The lowest BCUT2D eigenvalue weighted by Crippen LogP contribution is -2.18. The van der Waals surface area contributed by atoms with Gasteiger partial charge in [0.15, 0.2) is 0 Å². The predicted molar refractivity (Wildman–Crippen MR) is 83.9 cm³/mol. The highest BCUT2D eigenvalue weighted by molar-refractivity contribution is 5.99. The van der Waals surface area contributed by atoms with Crippen molar-refractivity contribution in [3.8, 4) is 5.75 Å². The molecular formula is C16H17N3O2. The summed E-state index contributed by atoms with van der Waals surface area (Å²) in [5.41, 5.74) is 5.57. The summed E-state index contributed by atoms with van der Waals surface area (Å²) in [4.78, 5) is 11.6. The smallest absolute Gasteiger partial charge is 0.254 e. The summed E-state index contributed by atoms with van der Waals surface area (Å²) < 4.78 is 0. The van der Waals surface area contributed by atoms with Gasteiger partial charge in [0, 0.05) is 12.6 Å². The largest absolute Gasteiger partial charge is 0.506 e. The number of aryl methyl sites for hydroxylation is 1. The molecule has 0 aliphatic carbocycles. The maximum Gasteiger partial charge on any atom is 0.254 e. The van der Waals surface area contributed by atoms with Gasteiger partial charge in [0.2, 0.25) is 0 Å². The zero-order chi connectivity index (χ0) is 15.2. The molecule has 5 nitrogen and oxygen atoms in total. The Kier molecular flexibility index (Phi) is 4.56. The van der Waals surface area contributed by atoms with Crippen LogP contribution in [-0.4, -0.2) is 24.3 Å². The Hall–Kier alpha value is -2.82. The average Bonchev–Trinajstić information content (AvgIpc) is 2.50. The molecule has 5 heteroatoms. The van der Waals surface area contributed by atoms with Crippen molar-refractivity contribution in [3.63, 3.8) is 0 Å². The van der Waals surface area contributed by atoms with E-state index >= 15 is 0 Å². The predicted octanol–water partition coefficient (Wildman–Crippen LogP) is 2.51. The first kappa shape index (κ1) is 14.6. The molecule has 0 atom stereocenters. The molecule has 0 radical (unpaired) electrons. The van der Waals surface area contributed by atoms with E-state index in [0.717, 1.165) is 5.69 Å². The van der Waals surface area contributed by atoms with E-state index in [-0.39, 0.29) is 17.2 Å². The number of aromatic hydroxyl groups is 1. The molecule has 2 aromatic rings. The van der Waals surface area contributed by atoms with Gasteiger partial charge in [-0.3, -0.25) is 10.2 Å². The molecule has 0 saturated heterocycles. The first-order valence-electron chi connectivity index (χ1n) is 6.51. The summed E-state index contributed by atoms with van der Waals surface area (Å²) in [6, 6.07) is 12.7. The van der Waals surface area contributed by atoms with Crippen molar-refractivity contribution in [1.29, 1.82) is 0 Å². The van der Waals surface area contributed by atoms with Gasteiger partial charge in [-0.25, -0.2) is 0 Å². The Morgan fingerprint density at radius 1 is 1.19 bits per heavy atom. The first-order chi connectivity index (χ1) is 10.1. The minimum atomic E-state index is -0.339. The number of phenolic OH excluding ortho intramolecular Hbond substituents is 1. The number of carbonyl (C=O) groups is 1. The Labute approximate surface area is 123 Å². The van der Waals surface area contributed by atoms with E-state index in [1.54, 1.807) is 18.2 Å². The van der Waals surface area contributed by atoms with Gasteiger partial charge in [-0.05, 0) is 31.2 Å². The molecule has 0 spiro atoms. The molecule has 21 heavy (non-hydrogen) atoms. The van der Waals surface area contributed by atoms with E-state index in [9.17, 15) is 9.90 Å². The fourth-order valence-electron chi connectivity index (χ4n) is 1.79. The van der Waals surface area contributed by atoms with Crippen LogP contribution < -0.4 is 10.7 Å². The van der Waals surface area contributed by atoms with Crippen molar-refractivity contribution in [1.82, 2.24) is 5.32 Å². The molecular weight excluding hydrogens is 266 g/mol. The third-order valence-corrected chi connectivity index (χ3v) is 2.99. The molecule has 0 aliphatic rings. The van der Waals surface area contributed by atoms with Crippen LogP contribution in [0.2, 0.25) is 0 Å². The topological polar surface area (TPSA) is 73.7 Å². The summed E-state index contributed by atoms with van der Waals surface area (Å²) >= 11 is 0. The molecule has 108 valence electrons. The van der Waals surface area contributed by atoms with E-state index in [0.29, 0.717) is 5.56 Å². The summed E-state index contributed by atoms with van der Waals surface area (Å²) in [6.45, 7) is 2.01. The van der Waals surface area contributed by atoms with Crippen LogP contribution in [0.4, 0.5) is 5.69 Å². The van der Waals surface area contributed by atoms with Crippen LogP contribution >= 0.6 is 0 Å². The Morgan fingerprint density at radius 3 is 2.57 bits per heavy atom. The maximum absolute atomic E-state index is 11.6. The minimum Gasteiger partial charge on any atom is -0.506 e. The van der Waals surface area contributed by atoms with Gasteiger partial charge in [-0.15, -0.1) is 0 Å². The molecule has 1 amide bonds. The van der Waals surface area contributed by atoms with Crippen LogP contribution in [0.3, 0.4) is 0 Å². The van der Waals surface area contributed by atoms with Gasteiger partial charge in [0.1, 0.15) is 5.75 Å². The Morgan fingerprint density at radius 2 is 1.90 bits per heavy atom. The lowest BCUT2D eigenvalue weighted by molar-refractivity contribution is 0.0960. The van der Waals surface area contributed by atoms with Crippen LogP contribution in [-0.2, 0) is 0 Å². The molecule has 0 fully saturated rings. The molecule has 0 unspecified atom stereocenters. The Balaban J connectivity index is 2.14. The fraction of sp³-hybridized carbons (Fsp3) is 0.125. The van der Waals surface area contributed by atoms with E-state index in [4.69, 9.17) is 0 Å². The summed E-state index contributed by atoms with van der Waals surface area (Å²) in [5.74, 6) is -0.430. The van der Waals surface area contributed by atoms with Crippen molar-refractivity contribution in [2.75, 3.05) is 12.5 Å². The number of hydrogen-bond donors (Lipinski definition) is 3. The van der Waals surface area contributed by atoms with Gasteiger partial charge in [0.05, 0.1) is 17.5 Å². The zero-order valence-electron chi connectivity index (χ0n) is 11.9. The maximum atomic E-state index is 11.6. The number of anilines is 1. The number of nitrogens with zero attached hydrogens (tertiary/aromatic N) is 1. The lowest BCUT2D eigenvalue weighted by atomic mass is 10.1. The van der Waals surface area contributed by atoms with Gasteiger partial charge >= 0.3 is 0 Å². The SMILES string of the molecule is CNC(=O)c1cccc(C=NNc2ccc(C)cc2)c1O. The second kappa shape index (κ2) is 6.56. The standard InChI is InChI=1S/C16H17N3O2/c1-11-6-8-13(9-7-11)19-18-10-12-4-3-5-14(15(12)20)16(21)17-2/h3-10,19-20H,1-2H3,(H,17,21). The van der Waals surface area contributed by atoms with Gasteiger partial charge in [0.25, 0.3) is 5.91 Å². The van der Waals surface area contributed by atoms with E-state index in [1.807, 2.05) is 31.2 Å². The van der Waals surface area contributed by atoms with Crippen molar-refractivity contribution in [3.05, 3.63) is 59.2 Å². The number of para-hydroxylation sites is 1. The molecule has 0 aliphatic heterocycles. The summed E-state index contributed by atoms with van der Waals surface area (Å²) in [6.07, 6.45) is 1.47. The summed E-state index contributed by atoms with van der Waals surface area (Å²) in [7, 11) is 1.52. The van der Waals surface area contributed by atoms with Crippen molar-refractivity contribution >= 4 is 17.8 Å². The minimum absolute atomic E-state index is 0.0914. The van der Waals surface area contributed by atoms with Crippen molar-refractivity contribution in [2.24, 2.45) is 5.10 Å². The number of amides is 1. The number of benzene rings is 2. The van der Waals surface area contributed by atoms with E-state index in [2.05, 4.69) is 15.8 Å². The highest BCUT2D eigenvalue weighted by Gasteiger charge is 2.11. The molecule has 0 heterocycles. The van der Waals surface area contributed by atoms with Crippen LogP contribution in [0, 0.1) is 6.92 Å². The molecule has 2 rings (SSSR count). The second-order valence-electron chi connectivity index (χ2n) is 4.56. The summed E-state index contributed by atoms with van der Waals surface area (Å²) in [5, 5.41) is 16.6. The highest BCUT2D eigenvalue weighted by Crippen LogP contribution is 2.20. The third-order valence-electron chi connectivity index (χ3n) is 2.99. The van der Waals surface area contributed by atoms with Gasteiger partial charge < -0.3 is 10.4 Å². The number of hydrogen-bond acceptors (Lipinski definition) is 4. The molecule has 0 saturated carbocycles. The number of hydrazone groups is 1. The highest BCUT2D eigenvalue weighted by atomic mass is 16.3. The van der Waals surface area contributed by atoms with Gasteiger partial charge in [-0.2, -0.15) is 5.10 Å². The van der Waals surface area contributed by atoms with Crippen molar-refractivity contribution in [2.45, 2.75) is 6.92 Å². The quantitative estimate of drug-likeness (QED) is 0.596. The molecule has 2 aromatic carbocycles. The monoisotopic (exact) mass is 283 g/mol. The van der Waals surface area contributed by atoms with E-state index in [1.165, 1.54) is 18.8 Å². The molecule has 0 aromatic heterocycles. The average molecular weight is 283 g/mol. The first-order valence-corrected chi connectivity index (χ1v) is 6.51. The normalized spacial score (nSPS) is 10.6. The number of rotatable bonds is 4. The van der Waals surface area contributed by atoms with Crippen LogP contribution in [0.1, 0.15) is 21.5 Å². The van der Waals surface area contributed by atoms with E-state index < -0.39 is 0 Å². The van der Waals surface area contributed by atoms with Crippen LogP contribution in [0.5, 0.6) is 5.75 Å². The number of nitrogens with one attached hydrogen (secondary N) is 2. The lowest BCUT2D eigenvalue weighted by Gasteiger charge is -2.05. The fourth-order valence-corrected chi connectivity index (χ4v) is 1.79.